The third-order valence-electron chi connectivity index (χ3n) is 4.79. The Morgan fingerprint density at radius 1 is 0.929 bits per heavy atom. The van der Waals surface area contributed by atoms with E-state index in [2.05, 4.69) is 26.1 Å². The molecule has 0 bridgehead atoms. The third kappa shape index (κ3) is 4.42. The van der Waals surface area contributed by atoms with Crippen LogP contribution < -0.4 is 5.32 Å². The molecule has 1 aromatic heterocycles. The van der Waals surface area contributed by atoms with Gasteiger partial charge >= 0.3 is 11.8 Å². The van der Waals surface area contributed by atoms with Crippen molar-refractivity contribution in [1.29, 1.82) is 0 Å². The molecule has 3 amide bonds. The second-order valence-corrected chi connectivity index (χ2v) is 7.84. The van der Waals surface area contributed by atoms with Gasteiger partial charge in [-0.3, -0.25) is 14.4 Å². The minimum atomic E-state index is -0.672. The Labute approximate surface area is 164 Å². The number of rotatable bonds is 2. The van der Waals surface area contributed by atoms with Gasteiger partial charge in [0.15, 0.2) is 5.76 Å². The van der Waals surface area contributed by atoms with Crippen LogP contribution in [0.2, 0.25) is 0 Å². The van der Waals surface area contributed by atoms with Crippen molar-refractivity contribution < 1.29 is 18.8 Å². The van der Waals surface area contributed by atoms with Gasteiger partial charge in [-0.2, -0.15) is 0 Å². The Bertz CT molecular complexity index is 843. The van der Waals surface area contributed by atoms with E-state index in [0.29, 0.717) is 31.9 Å². The lowest BCUT2D eigenvalue weighted by Crippen LogP contribution is -2.52. The van der Waals surface area contributed by atoms with Crippen molar-refractivity contribution in [3.8, 4) is 0 Å². The highest BCUT2D eigenvalue weighted by molar-refractivity contribution is 6.39. The highest BCUT2D eigenvalue weighted by Gasteiger charge is 2.29. The molecule has 7 nitrogen and oxygen atoms in total. The molecule has 0 saturated carbocycles. The Hall–Kier alpha value is -3.09. The van der Waals surface area contributed by atoms with Crippen molar-refractivity contribution in [3.05, 3.63) is 54.0 Å². The summed E-state index contributed by atoms with van der Waals surface area (Å²) < 4.78 is 5.12. The van der Waals surface area contributed by atoms with Crippen LogP contribution >= 0.6 is 0 Å². The standard InChI is InChI=1S/C21H25N3O4/c1-21(2,3)15-6-8-16(9-7-15)22-18(25)20(27)24-12-10-23(11-13-24)19(26)17-5-4-14-28-17/h4-9,14H,10-13H2,1-3H3,(H,22,25). The number of nitrogens with zero attached hydrogens (tertiary/aromatic N) is 2. The zero-order valence-corrected chi connectivity index (χ0v) is 16.4. The van der Waals surface area contributed by atoms with Gasteiger partial charge in [0.05, 0.1) is 6.26 Å². The monoisotopic (exact) mass is 383 g/mol. The van der Waals surface area contributed by atoms with Gasteiger partial charge in [-0.1, -0.05) is 32.9 Å². The molecule has 1 aliphatic rings. The van der Waals surface area contributed by atoms with E-state index in [4.69, 9.17) is 4.42 Å². The van der Waals surface area contributed by atoms with Gasteiger partial charge in [0.2, 0.25) is 0 Å². The molecule has 28 heavy (non-hydrogen) atoms. The maximum absolute atomic E-state index is 12.4. The molecule has 3 rings (SSSR count). The highest BCUT2D eigenvalue weighted by Crippen LogP contribution is 2.23. The molecule has 1 aromatic carbocycles. The number of hydrogen-bond donors (Lipinski definition) is 1. The average Bonchev–Trinajstić information content (AvgIpc) is 3.21. The van der Waals surface area contributed by atoms with E-state index < -0.39 is 11.8 Å². The normalized spacial score (nSPS) is 14.7. The summed E-state index contributed by atoms with van der Waals surface area (Å²) in [7, 11) is 0. The van der Waals surface area contributed by atoms with Gasteiger partial charge in [-0.25, -0.2) is 0 Å². The SMILES string of the molecule is CC(C)(C)c1ccc(NC(=O)C(=O)N2CCN(C(=O)c3ccco3)CC2)cc1. The predicted molar refractivity (Wildman–Crippen MR) is 105 cm³/mol. The third-order valence-corrected chi connectivity index (χ3v) is 4.79. The first-order valence-electron chi connectivity index (χ1n) is 9.29. The number of anilines is 1. The number of furan rings is 1. The van der Waals surface area contributed by atoms with Gasteiger partial charge in [0.25, 0.3) is 5.91 Å². The molecule has 2 heterocycles. The summed E-state index contributed by atoms with van der Waals surface area (Å²) in [6.07, 6.45) is 1.45. The molecule has 2 aromatic rings. The maximum Gasteiger partial charge on any atom is 0.313 e. The lowest BCUT2D eigenvalue weighted by molar-refractivity contribution is -0.144. The van der Waals surface area contributed by atoms with E-state index in [9.17, 15) is 14.4 Å². The summed E-state index contributed by atoms with van der Waals surface area (Å²) in [5, 5.41) is 2.65. The first-order valence-corrected chi connectivity index (χ1v) is 9.29. The van der Waals surface area contributed by atoms with Crippen molar-refractivity contribution in [3.63, 3.8) is 0 Å². The molecule has 1 fully saturated rings. The molecular weight excluding hydrogens is 358 g/mol. The van der Waals surface area contributed by atoms with Gasteiger partial charge in [-0.15, -0.1) is 0 Å². The topological polar surface area (TPSA) is 82.9 Å². The van der Waals surface area contributed by atoms with Crippen LogP contribution in [0.15, 0.2) is 47.1 Å². The molecule has 1 N–H and O–H groups in total. The van der Waals surface area contributed by atoms with E-state index in [1.54, 1.807) is 29.2 Å². The number of carbonyl (C=O) groups is 3. The number of carbonyl (C=O) groups excluding carboxylic acids is 3. The van der Waals surface area contributed by atoms with Crippen molar-refractivity contribution in [2.24, 2.45) is 0 Å². The molecule has 1 saturated heterocycles. The molecule has 0 spiro atoms. The van der Waals surface area contributed by atoms with Crippen molar-refractivity contribution in [1.82, 2.24) is 9.80 Å². The summed E-state index contributed by atoms with van der Waals surface area (Å²) in [4.78, 5) is 40.1. The first kappa shape index (κ1) is 19.7. The van der Waals surface area contributed by atoms with Crippen LogP contribution in [0, 0.1) is 0 Å². The van der Waals surface area contributed by atoms with E-state index in [0.717, 1.165) is 5.56 Å². The summed E-state index contributed by atoms with van der Waals surface area (Å²) in [6, 6.07) is 10.7. The summed E-state index contributed by atoms with van der Waals surface area (Å²) in [5.74, 6) is -1.20. The smallest absolute Gasteiger partial charge is 0.313 e. The Kier molecular flexibility index (Phi) is 5.53. The Balaban J connectivity index is 1.53. The minimum absolute atomic E-state index is 0.0190. The van der Waals surface area contributed by atoms with E-state index in [-0.39, 0.29) is 17.1 Å². The largest absolute Gasteiger partial charge is 0.459 e. The van der Waals surface area contributed by atoms with Crippen LogP contribution in [0.1, 0.15) is 36.9 Å². The zero-order chi connectivity index (χ0) is 20.3. The molecule has 0 radical (unpaired) electrons. The second kappa shape index (κ2) is 7.88. The fraction of sp³-hybridized carbons (Fsp3) is 0.381. The Morgan fingerprint density at radius 2 is 1.54 bits per heavy atom. The quantitative estimate of drug-likeness (QED) is 0.808. The fourth-order valence-electron chi connectivity index (χ4n) is 3.05. The molecule has 0 aliphatic carbocycles. The predicted octanol–water partition coefficient (Wildman–Crippen LogP) is 2.50. The molecular formula is C21H25N3O4. The lowest BCUT2D eigenvalue weighted by Gasteiger charge is -2.33. The average molecular weight is 383 g/mol. The fourth-order valence-corrected chi connectivity index (χ4v) is 3.05. The van der Waals surface area contributed by atoms with Crippen LogP contribution in [0.5, 0.6) is 0 Å². The van der Waals surface area contributed by atoms with E-state index in [1.807, 2.05) is 12.1 Å². The summed E-state index contributed by atoms with van der Waals surface area (Å²) in [5.41, 5.74) is 1.75. The molecule has 7 heteroatoms. The van der Waals surface area contributed by atoms with Gasteiger partial charge in [0.1, 0.15) is 0 Å². The lowest BCUT2D eigenvalue weighted by atomic mass is 9.87. The van der Waals surface area contributed by atoms with Gasteiger partial charge < -0.3 is 19.5 Å². The zero-order valence-electron chi connectivity index (χ0n) is 16.4. The van der Waals surface area contributed by atoms with Crippen LogP contribution in [0.25, 0.3) is 0 Å². The molecule has 0 unspecified atom stereocenters. The van der Waals surface area contributed by atoms with Crippen molar-refractivity contribution >= 4 is 23.4 Å². The summed E-state index contributed by atoms with van der Waals surface area (Å²) in [6.45, 7) is 7.67. The number of benzene rings is 1. The first-order chi connectivity index (χ1) is 13.3. The van der Waals surface area contributed by atoms with E-state index in [1.165, 1.54) is 11.2 Å². The highest BCUT2D eigenvalue weighted by atomic mass is 16.3. The van der Waals surface area contributed by atoms with Gasteiger partial charge in [0, 0.05) is 31.9 Å². The number of nitrogens with one attached hydrogen (secondary N) is 1. The molecule has 0 atom stereocenters. The number of amides is 3. The maximum atomic E-state index is 12.4. The van der Waals surface area contributed by atoms with Crippen LogP contribution in [0.3, 0.4) is 0 Å². The second-order valence-electron chi connectivity index (χ2n) is 7.84. The molecule has 1 aliphatic heterocycles. The van der Waals surface area contributed by atoms with Crippen molar-refractivity contribution in [2.75, 3.05) is 31.5 Å². The van der Waals surface area contributed by atoms with Gasteiger partial charge in [-0.05, 0) is 35.2 Å². The minimum Gasteiger partial charge on any atom is -0.459 e. The van der Waals surface area contributed by atoms with Crippen LogP contribution in [-0.2, 0) is 15.0 Å². The van der Waals surface area contributed by atoms with Crippen LogP contribution in [0.4, 0.5) is 5.69 Å². The number of piperazine rings is 1. The van der Waals surface area contributed by atoms with E-state index >= 15 is 0 Å². The number of hydrogen-bond acceptors (Lipinski definition) is 4. The summed E-state index contributed by atoms with van der Waals surface area (Å²) >= 11 is 0. The molecule has 148 valence electrons. The van der Waals surface area contributed by atoms with Crippen molar-refractivity contribution in [2.45, 2.75) is 26.2 Å². The Morgan fingerprint density at radius 3 is 2.07 bits per heavy atom. The van der Waals surface area contributed by atoms with Crippen LogP contribution in [-0.4, -0.2) is 53.7 Å².